The van der Waals surface area contributed by atoms with Crippen molar-refractivity contribution in [3.8, 4) is 0 Å². The van der Waals surface area contributed by atoms with E-state index in [0.717, 1.165) is 11.1 Å². The van der Waals surface area contributed by atoms with Gasteiger partial charge in [-0.05, 0) is 53.9 Å². The van der Waals surface area contributed by atoms with Gasteiger partial charge in [0.1, 0.15) is 16.7 Å². The van der Waals surface area contributed by atoms with Crippen molar-refractivity contribution in [3.63, 3.8) is 0 Å². The van der Waals surface area contributed by atoms with E-state index < -0.39 is 11.8 Å². The Hall–Kier alpha value is -3.26. The topological polar surface area (TPSA) is 85.1 Å². The molecule has 0 radical (unpaired) electrons. The third-order valence-corrected chi connectivity index (χ3v) is 5.69. The van der Waals surface area contributed by atoms with E-state index in [1.807, 2.05) is 0 Å². The summed E-state index contributed by atoms with van der Waals surface area (Å²) in [6, 6.07) is 15.2. The van der Waals surface area contributed by atoms with Crippen LogP contribution in [0.25, 0.3) is 0 Å². The molecule has 0 saturated heterocycles. The lowest BCUT2D eigenvalue weighted by atomic mass is 9.98. The molecule has 8 heteroatoms. The Morgan fingerprint density at radius 2 is 1.58 bits per heavy atom. The first-order chi connectivity index (χ1) is 14.9. The van der Waals surface area contributed by atoms with Crippen LogP contribution in [-0.4, -0.2) is 23.3 Å². The number of carbonyl (C=O) groups excluding carboxylic acids is 2. The maximum absolute atomic E-state index is 13.1. The molecule has 2 amide bonds. The van der Waals surface area contributed by atoms with Crippen molar-refractivity contribution < 1.29 is 18.4 Å². The van der Waals surface area contributed by atoms with Crippen molar-refractivity contribution >= 4 is 23.6 Å². The molecule has 0 saturated carbocycles. The Labute approximate surface area is 183 Å². The second-order valence-electron chi connectivity index (χ2n) is 6.91. The van der Waals surface area contributed by atoms with Gasteiger partial charge in [-0.2, -0.15) is 0 Å². The monoisotopic (exact) mass is 441 g/mol. The third kappa shape index (κ3) is 6.62. The van der Waals surface area contributed by atoms with Crippen molar-refractivity contribution in [2.24, 2.45) is 11.7 Å². The first-order valence-corrected chi connectivity index (χ1v) is 10.5. The third-order valence-electron chi connectivity index (χ3n) is 4.61. The van der Waals surface area contributed by atoms with E-state index >= 15 is 0 Å². The molecular weight excluding hydrogens is 420 g/mol. The van der Waals surface area contributed by atoms with Crippen LogP contribution < -0.4 is 11.1 Å². The fourth-order valence-corrected chi connectivity index (χ4v) is 3.85. The van der Waals surface area contributed by atoms with Crippen LogP contribution in [0.2, 0.25) is 0 Å². The lowest BCUT2D eigenvalue weighted by Gasteiger charge is -2.15. The molecule has 3 rings (SSSR count). The molecule has 2 aromatic carbocycles. The Morgan fingerprint density at radius 3 is 2.19 bits per heavy atom. The number of nitrogens with zero attached hydrogens (tertiary/aromatic N) is 1. The molecule has 1 atom stereocenters. The zero-order valence-electron chi connectivity index (χ0n) is 16.6. The molecule has 0 aliphatic carbocycles. The summed E-state index contributed by atoms with van der Waals surface area (Å²) in [6.45, 7) is 0.0442. The number of hydrogen-bond acceptors (Lipinski definition) is 4. The molecular formula is C23H21F2N3O2S. The van der Waals surface area contributed by atoms with E-state index in [2.05, 4.69) is 10.3 Å². The molecule has 1 unspecified atom stereocenters. The minimum absolute atomic E-state index is 0.0442. The number of halogens is 2. The number of rotatable bonds is 9. The number of carbonyl (C=O) groups is 2. The van der Waals surface area contributed by atoms with Gasteiger partial charge in [0.25, 0.3) is 5.91 Å². The standard InChI is InChI=1S/C23H21F2N3O2S/c24-18-7-3-15(4-8-18)12-17(21(26)29)13-28-22(30)20-2-1-11-27-23(20)31-14-16-5-9-19(25)10-6-16/h1-11,17H,12-14H2,(H2,26,29)(H,28,30). The largest absolute Gasteiger partial charge is 0.369 e. The normalized spacial score (nSPS) is 11.7. The number of aromatic nitrogens is 1. The second-order valence-corrected chi connectivity index (χ2v) is 7.88. The Balaban J connectivity index is 1.63. The van der Waals surface area contributed by atoms with Crippen LogP contribution in [0.5, 0.6) is 0 Å². The van der Waals surface area contributed by atoms with Crippen molar-refractivity contribution in [2.45, 2.75) is 17.2 Å². The summed E-state index contributed by atoms with van der Waals surface area (Å²) in [5, 5.41) is 3.27. The highest BCUT2D eigenvalue weighted by Gasteiger charge is 2.19. The van der Waals surface area contributed by atoms with E-state index in [-0.39, 0.29) is 30.5 Å². The number of hydrogen-bond donors (Lipinski definition) is 2. The van der Waals surface area contributed by atoms with Gasteiger partial charge in [0.2, 0.25) is 5.91 Å². The van der Waals surface area contributed by atoms with Gasteiger partial charge in [0.15, 0.2) is 0 Å². The van der Waals surface area contributed by atoms with Gasteiger partial charge in [0.05, 0.1) is 11.5 Å². The Morgan fingerprint density at radius 1 is 0.968 bits per heavy atom. The summed E-state index contributed by atoms with van der Waals surface area (Å²) in [5.74, 6) is -1.72. The number of primary amides is 1. The molecule has 0 fully saturated rings. The van der Waals surface area contributed by atoms with Crippen LogP contribution in [0.3, 0.4) is 0 Å². The van der Waals surface area contributed by atoms with Crippen molar-refractivity contribution in [1.29, 1.82) is 0 Å². The summed E-state index contributed by atoms with van der Waals surface area (Å²) in [6.07, 6.45) is 1.87. The smallest absolute Gasteiger partial charge is 0.254 e. The van der Waals surface area contributed by atoms with E-state index in [9.17, 15) is 18.4 Å². The minimum Gasteiger partial charge on any atom is -0.369 e. The summed E-state index contributed by atoms with van der Waals surface area (Å²) in [5.41, 5.74) is 7.51. The van der Waals surface area contributed by atoms with Crippen molar-refractivity contribution in [3.05, 3.63) is 95.2 Å². The maximum Gasteiger partial charge on any atom is 0.254 e. The average Bonchev–Trinajstić information content (AvgIpc) is 2.77. The average molecular weight is 442 g/mol. The summed E-state index contributed by atoms with van der Waals surface area (Å²) < 4.78 is 26.1. The van der Waals surface area contributed by atoms with Crippen LogP contribution in [0, 0.1) is 17.6 Å². The van der Waals surface area contributed by atoms with Crippen LogP contribution in [0.15, 0.2) is 71.9 Å². The van der Waals surface area contributed by atoms with Gasteiger partial charge < -0.3 is 11.1 Å². The van der Waals surface area contributed by atoms with Crippen LogP contribution >= 0.6 is 11.8 Å². The summed E-state index contributed by atoms with van der Waals surface area (Å²) in [7, 11) is 0. The highest BCUT2D eigenvalue weighted by atomic mass is 32.2. The minimum atomic E-state index is -0.638. The molecule has 1 aromatic heterocycles. The number of benzene rings is 2. The van der Waals surface area contributed by atoms with Crippen LogP contribution in [-0.2, 0) is 17.0 Å². The SMILES string of the molecule is NC(=O)C(CNC(=O)c1cccnc1SCc1ccc(F)cc1)Cc1ccc(F)cc1. The number of pyridine rings is 1. The summed E-state index contributed by atoms with van der Waals surface area (Å²) >= 11 is 1.36. The second kappa shape index (κ2) is 10.7. The highest BCUT2D eigenvalue weighted by molar-refractivity contribution is 7.98. The van der Waals surface area contributed by atoms with Gasteiger partial charge in [-0.25, -0.2) is 13.8 Å². The lowest BCUT2D eigenvalue weighted by molar-refractivity contribution is -0.121. The number of nitrogens with two attached hydrogens (primary N) is 1. The van der Waals surface area contributed by atoms with Gasteiger partial charge in [-0.3, -0.25) is 9.59 Å². The Kier molecular flexibility index (Phi) is 7.72. The van der Waals surface area contributed by atoms with Gasteiger partial charge in [-0.15, -0.1) is 11.8 Å². The molecule has 0 aliphatic rings. The predicted molar refractivity (Wildman–Crippen MR) is 115 cm³/mol. The summed E-state index contributed by atoms with van der Waals surface area (Å²) in [4.78, 5) is 28.8. The first kappa shape index (κ1) is 22.4. The lowest BCUT2D eigenvalue weighted by Crippen LogP contribution is -2.37. The van der Waals surface area contributed by atoms with Gasteiger partial charge in [-0.1, -0.05) is 24.3 Å². The maximum atomic E-state index is 13.1. The number of thioether (sulfide) groups is 1. The molecule has 5 nitrogen and oxygen atoms in total. The van der Waals surface area contributed by atoms with E-state index in [1.54, 1.807) is 42.6 Å². The fourth-order valence-electron chi connectivity index (χ4n) is 2.90. The molecule has 0 aliphatic heterocycles. The highest BCUT2D eigenvalue weighted by Crippen LogP contribution is 2.24. The van der Waals surface area contributed by atoms with Gasteiger partial charge >= 0.3 is 0 Å². The van der Waals surface area contributed by atoms with Crippen LogP contribution in [0.1, 0.15) is 21.5 Å². The van der Waals surface area contributed by atoms with Crippen LogP contribution in [0.4, 0.5) is 8.78 Å². The molecule has 160 valence electrons. The van der Waals surface area contributed by atoms with Gasteiger partial charge in [0, 0.05) is 18.5 Å². The van der Waals surface area contributed by atoms with E-state index in [4.69, 9.17) is 5.73 Å². The number of amides is 2. The number of nitrogens with one attached hydrogen (secondary N) is 1. The first-order valence-electron chi connectivity index (χ1n) is 9.56. The van der Waals surface area contributed by atoms with E-state index in [1.165, 1.54) is 36.0 Å². The molecule has 1 heterocycles. The van der Waals surface area contributed by atoms with E-state index in [0.29, 0.717) is 16.3 Å². The molecule has 3 N–H and O–H groups in total. The predicted octanol–water partition coefficient (Wildman–Crippen LogP) is 3.73. The molecule has 31 heavy (non-hydrogen) atoms. The molecule has 3 aromatic rings. The van der Waals surface area contributed by atoms with Crippen molar-refractivity contribution in [2.75, 3.05) is 6.54 Å². The zero-order chi connectivity index (χ0) is 22.2. The fraction of sp³-hybridized carbons (Fsp3) is 0.174. The zero-order valence-corrected chi connectivity index (χ0v) is 17.4. The quantitative estimate of drug-likeness (QED) is 0.496. The van der Waals surface area contributed by atoms with Crippen molar-refractivity contribution in [1.82, 2.24) is 10.3 Å². The molecule has 0 bridgehead atoms. The molecule has 0 spiro atoms. The Bertz CT molecular complexity index is 1040.